The third kappa shape index (κ3) is 1.85. The molecule has 0 spiro atoms. The lowest BCUT2D eigenvalue weighted by molar-refractivity contribution is 0.608. The third-order valence-corrected chi connectivity index (χ3v) is 2.81. The summed E-state index contributed by atoms with van der Waals surface area (Å²) in [5.74, 6) is 0. The number of aromatic nitrogens is 2. The maximum Gasteiger partial charge on any atom is 0.261 e. The monoisotopic (exact) mass is 216 g/mol. The second-order valence-electron chi connectivity index (χ2n) is 4.07. The van der Waals surface area contributed by atoms with Crippen LogP contribution in [0.15, 0.2) is 29.3 Å². The molecule has 0 aliphatic heterocycles. The van der Waals surface area contributed by atoms with E-state index in [1.54, 1.807) is 10.9 Å². The van der Waals surface area contributed by atoms with Crippen molar-refractivity contribution in [2.75, 3.05) is 0 Å². The van der Waals surface area contributed by atoms with E-state index in [0.717, 1.165) is 35.9 Å². The van der Waals surface area contributed by atoms with Crippen molar-refractivity contribution in [2.24, 2.45) is 0 Å². The van der Waals surface area contributed by atoms with Crippen molar-refractivity contribution >= 4 is 10.9 Å². The first kappa shape index (κ1) is 10.9. The second kappa shape index (κ2) is 4.47. The fourth-order valence-electron chi connectivity index (χ4n) is 1.85. The van der Waals surface area contributed by atoms with E-state index in [1.165, 1.54) is 0 Å². The maximum atomic E-state index is 12.2. The van der Waals surface area contributed by atoms with Gasteiger partial charge < -0.3 is 0 Å². The van der Waals surface area contributed by atoms with E-state index in [4.69, 9.17) is 0 Å². The number of aryl methyl sites for hydroxylation is 2. The molecular formula is C13H16N2O. The van der Waals surface area contributed by atoms with Crippen molar-refractivity contribution < 1.29 is 0 Å². The zero-order chi connectivity index (χ0) is 11.5. The zero-order valence-electron chi connectivity index (χ0n) is 9.73. The summed E-state index contributed by atoms with van der Waals surface area (Å²) in [6.07, 6.45) is 3.75. The van der Waals surface area contributed by atoms with E-state index >= 15 is 0 Å². The van der Waals surface area contributed by atoms with Crippen LogP contribution in [0, 0.1) is 6.92 Å². The van der Waals surface area contributed by atoms with Crippen LogP contribution in [0.4, 0.5) is 0 Å². The fourth-order valence-corrected chi connectivity index (χ4v) is 1.85. The molecule has 0 amide bonds. The summed E-state index contributed by atoms with van der Waals surface area (Å²) in [6, 6.07) is 5.77. The Morgan fingerprint density at radius 1 is 1.38 bits per heavy atom. The number of fused-ring (bicyclic) bond motifs is 1. The molecule has 0 bridgehead atoms. The molecule has 84 valence electrons. The first-order chi connectivity index (χ1) is 7.74. The molecule has 0 saturated heterocycles. The normalized spacial score (nSPS) is 10.9. The minimum absolute atomic E-state index is 0.0801. The number of benzene rings is 1. The van der Waals surface area contributed by atoms with Crippen LogP contribution >= 0.6 is 0 Å². The van der Waals surface area contributed by atoms with Crippen molar-refractivity contribution in [3.63, 3.8) is 0 Å². The van der Waals surface area contributed by atoms with Crippen molar-refractivity contribution in [3.8, 4) is 0 Å². The molecule has 1 heterocycles. The smallest absolute Gasteiger partial charge is 0.261 e. The molecule has 0 aliphatic carbocycles. The highest BCUT2D eigenvalue weighted by Crippen LogP contribution is 2.11. The van der Waals surface area contributed by atoms with Crippen LogP contribution < -0.4 is 5.56 Å². The topological polar surface area (TPSA) is 34.9 Å². The van der Waals surface area contributed by atoms with Crippen LogP contribution in [-0.4, -0.2) is 9.55 Å². The lowest BCUT2D eigenvalue weighted by Crippen LogP contribution is -2.21. The molecule has 1 aromatic carbocycles. The molecule has 3 nitrogen and oxygen atoms in total. The van der Waals surface area contributed by atoms with Crippen LogP contribution in [0.1, 0.15) is 25.3 Å². The van der Waals surface area contributed by atoms with E-state index in [2.05, 4.69) is 11.9 Å². The van der Waals surface area contributed by atoms with Gasteiger partial charge >= 0.3 is 0 Å². The van der Waals surface area contributed by atoms with Gasteiger partial charge in [0.2, 0.25) is 0 Å². The summed E-state index contributed by atoms with van der Waals surface area (Å²) >= 11 is 0. The number of hydrogen-bond donors (Lipinski definition) is 0. The van der Waals surface area contributed by atoms with Crippen LogP contribution in [0.3, 0.4) is 0 Å². The number of unbranched alkanes of at least 4 members (excludes halogenated alkanes) is 1. The number of nitrogens with zero attached hydrogens (tertiary/aromatic N) is 2. The molecule has 1 aromatic heterocycles. The van der Waals surface area contributed by atoms with Crippen LogP contribution in [0.5, 0.6) is 0 Å². The van der Waals surface area contributed by atoms with Gasteiger partial charge in [-0.3, -0.25) is 9.36 Å². The van der Waals surface area contributed by atoms with E-state index in [1.807, 2.05) is 25.1 Å². The summed E-state index contributed by atoms with van der Waals surface area (Å²) in [4.78, 5) is 16.5. The lowest BCUT2D eigenvalue weighted by atomic mass is 10.1. The molecule has 0 N–H and O–H groups in total. The van der Waals surface area contributed by atoms with Gasteiger partial charge in [-0.2, -0.15) is 0 Å². The predicted molar refractivity (Wildman–Crippen MR) is 65.6 cm³/mol. The van der Waals surface area contributed by atoms with Crippen molar-refractivity contribution in [3.05, 3.63) is 40.4 Å². The Bertz CT molecular complexity index is 557. The molecule has 2 aromatic rings. The SMILES string of the molecule is CCCCn1cnc2cccc(C)c2c1=O. The average molecular weight is 216 g/mol. The Labute approximate surface area is 94.7 Å². The molecule has 0 radical (unpaired) electrons. The summed E-state index contributed by atoms with van der Waals surface area (Å²) in [5, 5.41) is 0.751. The molecule has 2 rings (SSSR count). The maximum absolute atomic E-state index is 12.2. The Morgan fingerprint density at radius 3 is 2.94 bits per heavy atom. The van der Waals surface area contributed by atoms with Gasteiger partial charge in [0, 0.05) is 6.54 Å². The highest BCUT2D eigenvalue weighted by Gasteiger charge is 2.05. The molecule has 0 fully saturated rings. The van der Waals surface area contributed by atoms with E-state index < -0.39 is 0 Å². The predicted octanol–water partition coefficient (Wildman–Crippen LogP) is 2.51. The van der Waals surface area contributed by atoms with Gasteiger partial charge in [-0.25, -0.2) is 4.98 Å². The van der Waals surface area contributed by atoms with Gasteiger partial charge in [0.1, 0.15) is 0 Å². The van der Waals surface area contributed by atoms with Crippen LogP contribution in [0.2, 0.25) is 0 Å². The highest BCUT2D eigenvalue weighted by atomic mass is 16.1. The Hall–Kier alpha value is -1.64. The van der Waals surface area contributed by atoms with Crippen LogP contribution in [-0.2, 0) is 6.54 Å². The summed E-state index contributed by atoms with van der Waals surface area (Å²) in [5.41, 5.74) is 1.87. The first-order valence-electron chi connectivity index (χ1n) is 5.69. The first-order valence-corrected chi connectivity index (χ1v) is 5.69. The van der Waals surface area contributed by atoms with Crippen molar-refractivity contribution in [2.45, 2.75) is 33.2 Å². The average Bonchev–Trinajstić information content (AvgIpc) is 2.28. The van der Waals surface area contributed by atoms with E-state index in [0.29, 0.717) is 0 Å². The van der Waals surface area contributed by atoms with Gasteiger partial charge in [-0.1, -0.05) is 25.5 Å². The summed E-state index contributed by atoms with van der Waals surface area (Å²) in [6.45, 7) is 4.83. The molecule has 0 atom stereocenters. The Kier molecular flexibility index (Phi) is 3.04. The van der Waals surface area contributed by atoms with E-state index in [-0.39, 0.29) is 5.56 Å². The quantitative estimate of drug-likeness (QED) is 0.790. The van der Waals surface area contributed by atoms with E-state index in [9.17, 15) is 4.79 Å². The van der Waals surface area contributed by atoms with Gasteiger partial charge in [0.15, 0.2) is 0 Å². The minimum Gasteiger partial charge on any atom is -0.299 e. The summed E-state index contributed by atoms with van der Waals surface area (Å²) < 4.78 is 1.71. The van der Waals surface area contributed by atoms with Gasteiger partial charge in [-0.05, 0) is 25.0 Å². The Morgan fingerprint density at radius 2 is 2.19 bits per heavy atom. The van der Waals surface area contributed by atoms with Crippen LogP contribution in [0.25, 0.3) is 10.9 Å². The standard InChI is InChI=1S/C13H16N2O/c1-3-4-8-15-9-14-11-7-5-6-10(2)12(11)13(15)16/h5-7,9H,3-4,8H2,1-2H3. The molecule has 0 aliphatic rings. The molecular weight excluding hydrogens is 200 g/mol. The number of hydrogen-bond acceptors (Lipinski definition) is 2. The van der Waals surface area contributed by atoms with Gasteiger partial charge in [0.05, 0.1) is 17.2 Å². The zero-order valence-corrected chi connectivity index (χ0v) is 9.73. The van der Waals surface area contributed by atoms with Gasteiger partial charge in [0.25, 0.3) is 5.56 Å². The molecule has 16 heavy (non-hydrogen) atoms. The van der Waals surface area contributed by atoms with Gasteiger partial charge in [-0.15, -0.1) is 0 Å². The molecule has 0 saturated carbocycles. The molecule has 3 heteroatoms. The minimum atomic E-state index is 0.0801. The van der Waals surface area contributed by atoms with Crippen molar-refractivity contribution in [1.29, 1.82) is 0 Å². The second-order valence-corrected chi connectivity index (χ2v) is 4.07. The van der Waals surface area contributed by atoms with Crippen molar-refractivity contribution in [1.82, 2.24) is 9.55 Å². The largest absolute Gasteiger partial charge is 0.299 e. The fraction of sp³-hybridized carbons (Fsp3) is 0.385. The number of rotatable bonds is 3. The highest BCUT2D eigenvalue weighted by molar-refractivity contribution is 5.80. The Balaban J connectivity index is 2.60. The molecule has 0 unspecified atom stereocenters. The third-order valence-electron chi connectivity index (χ3n) is 2.81. The lowest BCUT2D eigenvalue weighted by Gasteiger charge is -2.06. The summed E-state index contributed by atoms with van der Waals surface area (Å²) in [7, 11) is 0.